The monoisotopic (exact) mass is 470 g/mol. The number of thioether (sulfide) groups is 1. The first-order valence-electron chi connectivity index (χ1n) is 11.1. The Hall–Kier alpha value is -2.78. The number of nitrogens with zero attached hydrogens (tertiary/aromatic N) is 4. The van der Waals surface area contributed by atoms with Crippen LogP contribution >= 0.6 is 11.8 Å². The smallest absolute Gasteiger partial charge is 0.338 e. The van der Waals surface area contributed by atoms with Crippen molar-refractivity contribution in [2.45, 2.75) is 25.8 Å². The Kier molecular flexibility index (Phi) is 7.09. The van der Waals surface area contributed by atoms with Gasteiger partial charge in [-0.1, -0.05) is 30.8 Å². The second-order valence-electron chi connectivity index (χ2n) is 8.24. The molecule has 1 saturated heterocycles. The fourth-order valence-corrected chi connectivity index (χ4v) is 5.30. The lowest BCUT2D eigenvalue weighted by Gasteiger charge is -2.37. The van der Waals surface area contributed by atoms with Crippen LogP contribution in [0.1, 0.15) is 31.4 Å². The summed E-state index contributed by atoms with van der Waals surface area (Å²) in [6, 6.07) is 7.22. The number of fused-ring (bicyclic) bond motifs is 1. The second-order valence-corrected chi connectivity index (χ2v) is 9.07. The first-order valence-corrected chi connectivity index (χ1v) is 12.0. The maximum atomic E-state index is 13.1. The minimum Gasteiger partial charge on any atom is -0.497 e. The number of allylic oxidation sites excluding steroid dienone is 1. The first-order chi connectivity index (χ1) is 16.0. The molecule has 1 aromatic carbocycles. The number of amides is 1. The molecule has 8 nitrogen and oxygen atoms in total. The minimum atomic E-state index is -0.448. The third kappa shape index (κ3) is 4.65. The second kappa shape index (κ2) is 10.0. The van der Waals surface area contributed by atoms with Gasteiger partial charge in [-0.2, -0.15) is 0 Å². The zero-order valence-corrected chi connectivity index (χ0v) is 20.4. The molecule has 1 fully saturated rings. The number of ether oxygens (including phenoxy) is 2. The number of hydrogen-bond acceptors (Lipinski definition) is 8. The highest BCUT2D eigenvalue weighted by atomic mass is 32.2. The average molecular weight is 471 g/mol. The summed E-state index contributed by atoms with van der Waals surface area (Å²) in [6.45, 7) is 5.17. The van der Waals surface area contributed by atoms with Crippen LogP contribution in [0.5, 0.6) is 5.75 Å². The van der Waals surface area contributed by atoms with E-state index in [2.05, 4.69) is 11.9 Å². The van der Waals surface area contributed by atoms with Crippen LogP contribution in [0.2, 0.25) is 0 Å². The number of esters is 1. The molecule has 0 spiro atoms. The minimum absolute atomic E-state index is 0.0884. The summed E-state index contributed by atoms with van der Waals surface area (Å²) in [5.41, 5.74) is 2.92. The molecule has 0 N–H and O–H groups in total. The average Bonchev–Trinajstić information content (AvgIpc) is 3.24. The highest BCUT2D eigenvalue weighted by molar-refractivity contribution is 8.16. The van der Waals surface area contributed by atoms with Crippen LogP contribution in [0.4, 0.5) is 0 Å². The summed E-state index contributed by atoms with van der Waals surface area (Å²) in [4.78, 5) is 37.0. The number of piperazine rings is 1. The maximum absolute atomic E-state index is 13.1. The SMILES string of the molecule is CCC1=C(C(=O)OC)C(c2cccc(OC)c2)N2C(CC(=O)N3CCN(C)CC3)=CSC2=N1. The van der Waals surface area contributed by atoms with Crippen molar-refractivity contribution in [2.75, 3.05) is 47.4 Å². The number of likely N-dealkylation sites (N-methyl/N-ethyl adjacent to an activating group) is 1. The normalized spacial score (nSPS) is 20.9. The number of amidine groups is 1. The largest absolute Gasteiger partial charge is 0.497 e. The topological polar surface area (TPSA) is 74.7 Å². The lowest BCUT2D eigenvalue weighted by atomic mass is 9.92. The van der Waals surface area contributed by atoms with Crippen LogP contribution in [0.3, 0.4) is 0 Å². The zero-order valence-electron chi connectivity index (χ0n) is 19.5. The molecule has 176 valence electrons. The number of carbonyl (C=O) groups is 2. The molecule has 3 aliphatic heterocycles. The molecule has 0 bridgehead atoms. The van der Waals surface area contributed by atoms with Gasteiger partial charge in [0, 0.05) is 31.9 Å². The Morgan fingerprint density at radius 2 is 1.94 bits per heavy atom. The van der Waals surface area contributed by atoms with Crippen LogP contribution in [0.15, 0.2) is 51.6 Å². The van der Waals surface area contributed by atoms with E-state index in [1.54, 1.807) is 7.11 Å². The van der Waals surface area contributed by atoms with Gasteiger partial charge in [-0.3, -0.25) is 4.79 Å². The fraction of sp³-hybridized carbons (Fsp3) is 0.458. The van der Waals surface area contributed by atoms with Gasteiger partial charge in [0.15, 0.2) is 5.17 Å². The Labute approximate surface area is 198 Å². The lowest BCUT2D eigenvalue weighted by molar-refractivity contribution is -0.136. The summed E-state index contributed by atoms with van der Waals surface area (Å²) < 4.78 is 10.6. The van der Waals surface area contributed by atoms with Gasteiger partial charge in [0.05, 0.1) is 38.0 Å². The molecule has 1 atom stereocenters. The molecule has 1 amide bonds. The number of aliphatic imine (C=N–C) groups is 1. The van der Waals surface area contributed by atoms with Crippen LogP contribution < -0.4 is 4.74 Å². The van der Waals surface area contributed by atoms with Crippen LogP contribution in [0.25, 0.3) is 0 Å². The van der Waals surface area contributed by atoms with Gasteiger partial charge in [-0.15, -0.1) is 0 Å². The van der Waals surface area contributed by atoms with Gasteiger partial charge in [-0.25, -0.2) is 9.79 Å². The van der Waals surface area contributed by atoms with Crippen molar-refractivity contribution in [3.05, 3.63) is 52.2 Å². The Morgan fingerprint density at radius 1 is 1.18 bits per heavy atom. The van der Waals surface area contributed by atoms with Crippen LogP contribution in [-0.2, 0) is 14.3 Å². The molecular weight excluding hydrogens is 440 g/mol. The molecule has 0 radical (unpaired) electrons. The number of carbonyl (C=O) groups excluding carboxylic acids is 2. The third-order valence-electron chi connectivity index (χ3n) is 6.23. The fourth-order valence-electron chi connectivity index (χ4n) is 4.36. The number of hydrogen-bond donors (Lipinski definition) is 0. The van der Waals surface area contributed by atoms with Gasteiger partial charge >= 0.3 is 5.97 Å². The molecule has 9 heteroatoms. The highest BCUT2D eigenvalue weighted by Crippen LogP contribution is 2.46. The third-order valence-corrected chi connectivity index (χ3v) is 7.12. The van der Waals surface area contributed by atoms with Crippen molar-refractivity contribution < 1.29 is 19.1 Å². The summed E-state index contributed by atoms with van der Waals surface area (Å²) >= 11 is 1.49. The first kappa shape index (κ1) is 23.4. The molecule has 0 aliphatic carbocycles. The molecule has 0 saturated carbocycles. The molecule has 3 heterocycles. The zero-order chi connectivity index (χ0) is 23.5. The molecule has 4 rings (SSSR count). The summed E-state index contributed by atoms with van der Waals surface area (Å²) in [5, 5.41) is 2.75. The van der Waals surface area contributed by atoms with Crippen molar-refractivity contribution in [3.63, 3.8) is 0 Å². The van der Waals surface area contributed by atoms with E-state index in [-0.39, 0.29) is 12.3 Å². The van der Waals surface area contributed by atoms with E-state index in [1.807, 2.05) is 46.4 Å². The quantitative estimate of drug-likeness (QED) is 0.592. The van der Waals surface area contributed by atoms with Gasteiger partial charge in [-0.05, 0) is 36.6 Å². The van der Waals surface area contributed by atoms with E-state index in [4.69, 9.17) is 14.5 Å². The molecule has 33 heavy (non-hydrogen) atoms. The Morgan fingerprint density at radius 3 is 2.61 bits per heavy atom. The van der Waals surface area contributed by atoms with Gasteiger partial charge in [0.2, 0.25) is 5.91 Å². The molecule has 1 unspecified atom stereocenters. The Balaban J connectivity index is 1.70. The molecule has 1 aromatic rings. The van der Waals surface area contributed by atoms with Gasteiger partial charge < -0.3 is 24.2 Å². The van der Waals surface area contributed by atoms with Crippen molar-refractivity contribution in [2.24, 2.45) is 4.99 Å². The molecule has 3 aliphatic rings. The van der Waals surface area contributed by atoms with Crippen LogP contribution in [-0.4, -0.2) is 79.2 Å². The van der Waals surface area contributed by atoms with Crippen molar-refractivity contribution in [1.29, 1.82) is 0 Å². The number of methoxy groups -OCH3 is 2. The summed E-state index contributed by atoms with van der Waals surface area (Å²) in [6.07, 6.45) is 0.852. The predicted octanol–water partition coefficient (Wildman–Crippen LogP) is 3.00. The highest BCUT2D eigenvalue weighted by Gasteiger charge is 2.42. The van der Waals surface area contributed by atoms with E-state index in [0.717, 1.165) is 42.6 Å². The Bertz CT molecular complexity index is 1030. The molecular formula is C24H30N4O4S. The predicted molar refractivity (Wildman–Crippen MR) is 129 cm³/mol. The summed E-state index contributed by atoms with van der Waals surface area (Å²) in [7, 11) is 5.07. The van der Waals surface area contributed by atoms with Gasteiger partial charge in [0.1, 0.15) is 5.75 Å². The summed E-state index contributed by atoms with van der Waals surface area (Å²) in [5.74, 6) is 0.374. The van der Waals surface area contributed by atoms with E-state index in [1.165, 1.54) is 18.9 Å². The standard InChI is InChI=1S/C24H30N4O4S/c1-5-19-21(23(30)32-4)22(16-7-6-8-18(13-16)31-3)28-17(15-33-24(28)25-19)14-20(29)27-11-9-26(2)10-12-27/h6-8,13,15,22H,5,9-12,14H2,1-4H3. The van der Waals surface area contributed by atoms with E-state index in [9.17, 15) is 9.59 Å². The van der Waals surface area contributed by atoms with Crippen molar-refractivity contribution >= 4 is 28.8 Å². The van der Waals surface area contributed by atoms with E-state index < -0.39 is 12.0 Å². The van der Waals surface area contributed by atoms with Crippen molar-refractivity contribution in [1.82, 2.24) is 14.7 Å². The number of rotatable bonds is 6. The van der Waals surface area contributed by atoms with Gasteiger partial charge in [0.25, 0.3) is 0 Å². The number of benzene rings is 1. The van der Waals surface area contributed by atoms with Crippen molar-refractivity contribution in [3.8, 4) is 5.75 Å². The van der Waals surface area contributed by atoms with E-state index in [0.29, 0.717) is 23.4 Å². The lowest BCUT2D eigenvalue weighted by Crippen LogP contribution is -2.47. The van der Waals surface area contributed by atoms with E-state index >= 15 is 0 Å². The van der Waals surface area contributed by atoms with Crippen LogP contribution in [0, 0.1) is 0 Å². The maximum Gasteiger partial charge on any atom is 0.338 e. The molecule has 0 aromatic heterocycles.